The molecule has 0 atom stereocenters. The van der Waals surface area contributed by atoms with Gasteiger partial charge in [0, 0.05) is 38.9 Å². The van der Waals surface area contributed by atoms with Crippen LogP contribution >= 0.6 is 0 Å². The van der Waals surface area contributed by atoms with E-state index in [2.05, 4.69) is 10.2 Å². The number of piperidine rings is 1. The number of hydrogen-bond donors (Lipinski definition) is 1. The number of methoxy groups -OCH3 is 1. The van der Waals surface area contributed by atoms with Gasteiger partial charge in [-0.05, 0) is 25.3 Å². The Morgan fingerprint density at radius 1 is 1.45 bits per heavy atom. The molecule has 0 saturated carbocycles. The van der Waals surface area contributed by atoms with Crippen molar-refractivity contribution in [2.75, 3.05) is 38.3 Å². The summed E-state index contributed by atoms with van der Waals surface area (Å²) >= 11 is 0. The van der Waals surface area contributed by atoms with Crippen molar-refractivity contribution < 1.29 is 13.9 Å². The van der Waals surface area contributed by atoms with Gasteiger partial charge in [-0.25, -0.2) is 0 Å². The van der Waals surface area contributed by atoms with E-state index in [1.165, 1.54) is 12.5 Å². The summed E-state index contributed by atoms with van der Waals surface area (Å²) < 4.78 is 10.6. The second-order valence-electron chi connectivity index (χ2n) is 5.14. The number of nitrogens with one attached hydrogen (secondary N) is 1. The fourth-order valence-corrected chi connectivity index (χ4v) is 2.36. The molecule has 2 rings (SSSR count). The van der Waals surface area contributed by atoms with Crippen LogP contribution in [-0.2, 0) is 9.53 Å². The van der Waals surface area contributed by atoms with E-state index < -0.39 is 5.91 Å². The first-order valence-corrected chi connectivity index (χ1v) is 7.48. The second kappa shape index (κ2) is 8.25. The highest BCUT2D eigenvalue weighted by atomic mass is 16.5. The molecule has 1 saturated heterocycles. The third-order valence-corrected chi connectivity index (χ3v) is 3.52. The minimum absolute atomic E-state index is 0.0237. The number of nitrogens with zero attached hydrogens (tertiary/aromatic N) is 2. The number of carbonyl (C=O) groups excluding carboxylic acids is 1. The number of anilines is 1. The average Bonchev–Trinajstić information content (AvgIpc) is 3.02. The molecule has 0 unspecified atom stereocenters. The largest absolute Gasteiger partial charge is 0.441 e. The minimum atomic E-state index is -0.421. The molecule has 0 aliphatic carbocycles. The lowest BCUT2D eigenvalue weighted by Crippen LogP contribution is -2.28. The summed E-state index contributed by atoms with van der Waals surface area (Å²) in [6, 6.07) is 5.57. The Labute approximate surface area is 130 Å². The molecule has 0 radical (unpaired) electrons. The number of hydrogen-bond acceptors (Lipinski definition) is 5. The summed E-state index contributed by atoms with van der Waals surface area (Å²) in [5.74, 6) is 0.887. The number of rotatable bonds is 6. The van der Waals surface area contributed by atoms with E-state index in [4.69, 9.17) is 14.4 Å². The lowest BCUT2D eigenvalue weighted by molar-refractivity contribution is -0.117. The van der Waals surface area contributed by atoms with Crippen LogP contribution in [-0.4, -0.2) is 39.3 Å². The topological polar surface area (TPSA) is 78.5 Å². The fourth-order valence-electron chi connectivity index (χ4n) is 2.36. The van der Waals surface area contributed by atoms with Gasteiger partial charge in [-0.1, -0.05) is 0 Å². The molecule has 1 aromatic heterocycles. The monoisotopic (exact) mass is 303 g/mol. The average molecular weight is 303 g/mol. The summed E-state index contributed by atoms with van der Waals surface area (Å²) in [4.78, 5) is 14.0. The van der Waals surface area contributed by atoms with E-state index in [1.807, 2.05) is 12.1 Å². The zero-order valence-corrected chi connectivity index (χ0v) is 12.8. The van der Waals surface area contributed by atoms with E-state index in [0.29, 0.717) is 18.9 Å². The summed E-state index contributed by atoms with van der Waals surface area (Å²) in [5, 5.41) is 11.7. The smallest absolute Gasteiger partial charge is 0.262 e. The molecule has 0 aromatic carbocycles. The van der Waals surface area contributed by atoms with Gasteiger partial charge in [-0.15, -0.1) is 0 Å². The van der Waals surface area contributed by atoms with Crippen LogP contribution in [0.4, 0.5) is 5.88 Å². The van der Waals surface area contributed by atoms with Gasteiger partial charge in [0.25, 0.3) is 5.91 Å². The normalized spacial score (nSPS) is 15.5. The zero-order chi connectivity index (χ0) is 15.8. The van der Waals surface area contributed by atoms with Crippen molar-refractivity contribution in [3.8, 4) is 6.07 Å². The highest BCUT2D eigenvalue weighted by molar-refractivity contribution is 6.01. The molecule has 22 heavy (non-hydrogen) atoms. The van der Waals surface area contributed by atoms with Crippen LogP contribution in [0.2, 0.25) is 0 Å². The van der Waals surface area contributed by atoms with Crippen LogP contribution in [0, 0.1) is 11.3 Å². The predicted molar refractivity (Wildman–Crippen MR) is 83.2 cm³/mol. The summed E-state index contributed by atoms with van der Waals surface area (Å²) in [6.45, 7) is 2.74. The van der Waals surface area contributed by atoms with Crippen molar-refractivity contribution >= 4 is 17.9 Å². The van der Waals surface area contributed by atoms with Gasteiger partial charge in [-0.2, -0.15) is 5.26 Å². The van der Waals surface area contributed by atoms with Crippen molar-refractivity contribution in [3.63, 3.8) is 0 Å². The first kappa shape index (κ1) is 16.1. The predicted octanol–water partition coefficient (Wildman–Crippen LogP) is 1.94. The number of furan rings is 1. The molecule has 118 valence electrons. The van der Waals surface area contributed by atoms with Crippen LogP contribution in [0.5, 0.6) is 0 Å². The van der Waals surface area contributed by atoms with Crippen LogP contribution in [0.25, 0.3) is 6.08 Å². The Balaban J connectivity index is 2.01. The van der Waals surface area contributed by atoms with Crippen LogP contribution in [0.1, 0.15) is 25.0 Å². The Kier molecular flexibility index (Phi) is 6.04. The first-order chi connectivity index (χ1) is 10.7. The Bertz CT molecular complexity index is 565. The molecular weight excluding hydrogens is 282 g/mol. The van der Waals surface area contributed by atoms with Gasteiger partial charge in [0.2, 0.25) is 0 Å². The molecule has 6 nitrogen and oxygen atoms in total. The molecular formula is C16H21N3O3. The standard InChI is InChI=1S/C16H21N3O3/c1-21-10-7-18-16(20)13(12-17)11-14-5-6-15(22-14)19-8-3-2-4-9-19/h5-6,11H,2-4,7-10H2,1H3,(H,18,20)/b13-11-. The Hall–Kier alpha value is -2.26. The summed E-state index contributed by atoms with van der Waals surface area (Å²) in [5.41, 5.74) is 0.0237. The zero-order valence-electron chi connectivity index (χ0n) is 12.8. The number of amides is 1. The lowest BCUT2D eigenvalue weighted by Gasteiger charge is -2.25. The summed E-state index contributed by atoms with van der Waals surface area (Å²) in [6.07, 6.45) is 5.05. The van der Waals surface area contributed by atoms with Crippen LogP contribution in [0.3, 0.4) is 0 Å². The molecule has 1 aliphatic heterocycles. The number of carbonyl (C=O) groups is 1. The highest BCUT2D eigenvalue weighted by Gasteiger charge is 2.15. The van der Waals surface area contributed by atoms with Gasteiger partial charge >= 0.3 is 0 Å². The van der Waals surface area contributed by atoms with Crippen LogP contribution in [0.15, 0.2) is 22.1 Å². The van der Waals surface area contributed by atoms with Crippen molar-refractivity contribution in [3.05, 3.63) is 23.5 Å². The molecule has 0 bridgehead atoms. The van der Waals surface area contributed by atoms with Crippen LogP contribution < -0.4 is 10.2 Å². The third kappa shape index (κ3) is 4.37. The van der Waals surface area contributed by atoms with E-state index in [0.717, 1.165) is 31.8 Å². The first-order valence-electron chi connectivity index (χ1n) is 7.48. The third-order valence-electron chi connectivity index (χ3n) is 3.52. The lowest BCUT2D eigenvalue weighted by atomic mass is 10.1. The van der Waals surface area contributed by atoms with Crippen molar-refractivity contribution in [2.45, 2.75) is 19.3 Å². The minimum Gasteiger partial charge on any atom is -0.441 e. The Morgan fingerprint density at radius 3 is 2.91 bits per heavy atom. The fraction of sp³-hybridized carbons (Fsp3) is 0.500. The SMILES string of the molecule is COCCNC(=O)/C(C#N)=C\c1ccc(N2CCCCC2)o1. The number of ether oxygens (including phenoxy) is 1. The molecule has 1 aliphatic rings. The molecule has 6 heteroatoms. The van der Waals surface area contributed by atoms with E-state index >= 15 is 0 Å². The molecule has 1 N–H and O–H groups in total. The molecule has 1 amide bonds. The maximum absolute atomic E-state index is 11.9. The molecule has 1 aromatic rings. The summed E-state index contributed by atoms with van der Waals surface area (Å²) in [7, 11) is 1.55. The van der Waals surface area contributed by atoms with Gasteiger partial charge in [-0.3, -0.25) is 4.79 Å². The van der Waals surface area contributed by atoms with Gasteiger partial charge in [0.1, 0.15) is 17.4 Å². The maximum atomic E-state index is 11.9. The van der Waals surface area contributed by atoms with Gasteiger partial charge < -0.3 is 19.4 Å². The number of nitriles is 1. The highest BCUT2D eigenvalue weighted by Crippen LogP contribution is 2.23. The maximum Gasteiger partial charge on any atom is 0.262 e. The molecule has 0 spiro atoms. The van der Waals surface area contributed by atoms with Crippen molar-refractivity contribution in [1.82, 2.24) is 5.32 Å². The van der Waals surface area contributed by atoms with E-state index in [1.54, 1.807) is 13.2 Å². The molecule has 1 fully saturated rings. The van der Waals surface area contributed by atoms with Gasteiger partial charge in [0.15, 0.2) is 5.88 Å². The van der Waals surface area contributed by atoms with Crippen molar-refractivity contribution in [1.29, 1.82) is 5.26 Å². The van der Waals surface area contributed by atoms with E-state index in [-0.39, 0.29) is 5.57 Å². The Morgan fingerprint density at radius 2 is 2.23 bits per heavy atom. The van der Waals surface area contributed by atoms with Gasteiger partial charge in [0.05, 0.1) is 6.61 Å². The second-order valence-corrected chi connectivity index (χ2v) is 5.14. The quantitative estimate of drug-likeness (QED) is 0.493. The molecule has 2 heterocycles. The van der Waals surface area contributed by atoms with E-state index in [9.17, 15) is 4.79 Å². The van der Waals surface area contributed by atoms with Crippen molar-refractivity contribution in [2.24, 2.45) is 0 Å².